The van der Waals surface area contributed by atoms with E-state index < -0.39 is 12.2 Å². The lowest BCUT2D eigenvalue weighted by Gasteiger charge is -2.25. The normalized spacial score (nSPS) is 15.0. The van der Waals surface area contributed by atoms with E-state index in [2.05, 4.69) is 5.32 Å². The molecule has 1 aliphatic heterocycles. The monoisotopic (exact) mass is 248 g/mol. The zero-order valence-corrected chi connectivity index (χ0v) is 10.1. The molecule has 5 nitrogen and oxygen atoms in total. The van der Waals surface area contributed by atoms with Gasteiger partial charge < -0.3 is 9.64 Å². The highest BCUT2D eigenvalue weighted by atomic mass is 16.6. The Bertz CT molecular complexity index is 414. The van der Waals surface area contributed by atoms with Gasteiger partial charge in [0.2, 0.25) is 0 Å². The van der Waals surface area contributed by atoms with E-state index in [9.17, 15) is 9.59 Å². The number of nitrogens with one attached hydrogen (secondary N) is 1. The second-order valence-corrected chi connectivity index (χ2v) is 4.19. The van der Waals surface area contributed by atoms with Crippen molar-refractivity contribution in [3.8, 4) is 0 Å². The summed E-state index contributed by atoms with van der Waals surface area (Å²) in [5.41, 5.74) is 0.606. The molecule has 0 radical (unpaired) electrons. The van der Waals surface area contributed by atoms with Crippen molar-refractivity contribution in [1.82, 2.24) is 4.90 Å². The summed E-state index contributed by atoms with van der Waals surface area (Å²) in [5.74, 6) is 0. The third kappa shape index (κ3) is 3.48. The largest absolute Gasteiger partial charge is 0.420 e. The number of benzene rings is 1. The van der Waals surface area contributed by atoms with E-state index in [1.165, 1.54) is 0 Å². The minimum atomic E-state index is -0.739. The first-order valence-electron chi connectivity index (χ1n) is 6.08. The number of carbonyl (C=O) groups is 2. The number of hydrogen-bond acceptors (Lipinski definition) is 3. The number of nitrogens with zero attached hydrogens (tertiary/aromatic N) is 1. The van der Waals surface area contributed by atoms with Crippen molar-refractivity contribution < 1.29 is 14.3 Å². The van der Waals surface area contributed by atoms with Gasteiger partial charge in [-0.3, -0.25) is 5.32 Å². The van der Waals surface area contributed by atoms with Gasteiger partial charge in [0.25, 0.3) is 0 Å². The van der Waals surface area contributed by atoms with E-state index in [0.717, 1.165) is 19.3 Å². The Morgan fingerprint density at radius 1 is 1.06 bits per heavy atom. The number of rotatable bonds is 1. The molecule has 1 fully saturated rings. The lowest BCUT2D eigenvalue weighted by molar-refractivity contribution is 0.117. The van der Waals surface area contributed by atoms with Crippen LogP contribution in [-0.4, -0.2) is 30.2 Å². The van der Waals surface area contributed by atoms with Crippen molar-refractivity contribution in [3.63, 3.8) is 0 Å². The van der Waals surface area contributed by atoms with Crippen molar-refractivity contribution in [1.29, 1.82) is 0 Å². The molecule has 0 bridgehead atoms. The van der Waals surface area contributed by atoms with E-state index in [-0.39, 0.29) is 0 Å². The number of carbonyl (C=O) groups excluding carboxylic acids is 2. The van der Waals surface area contributed by atoms with Crippen LogP contribution in [-0.2, 0) is 4.74 Å². The quantitative estimate of drug-likeness (QED) is 0.777. The first kappa shape index (κ1) is 12.4. The van der Waals surface area contributed by atoms with Crippen LogP contribution in [0, 0.1) is 0 Å². The second-order valence-electron chi connectivity index (χ2n) is 4.19. The molecule has 1 aliphatic rings. The highest BCUT2D eigenvalue weighted by molar-refractivity contribution is 5.92. The van der Waals surface area contributed by atoms with Crippen molar-refractivity contribution in [2.24, 2.45) is 0 Å². The summed E-state index contributed by atoms with van der Waals surface area (Å²) in [6.45, 7) is 1.33. The maximum Gasteiger partial charge on any atom is 0.420 e. The summed E-state index contributed by atoms with van der Waals surface area (Å²) in [7, 11) is 0. The minimum Gasteiger partial charge on any atom is -0.359 e. The molecule has 1 heterocycles. The molecular weight excluding hydrogens is 232 g/mol. The van der Waals surface area contributed by atoms with Crippen LogP contribution in [0.5, 0.6) is 0 Å². The SMILES string of the molecule is O=C(Nc1ccccc1)OC(=O)N1CCCCC1. The Hall–Kier alpha value is -2.04. The van der Waals surface area contributed by atoms with Crippen molar-refractivity contribution in [3.05, 3.63) is 30.3 Å². The third-order valence-corrected chi connectivity index (χ3v) is 2.81. The van der Waals surface area contributed by atoms with Gasteiger partial charge >= 0.3 is 12.2 Å². The number of piperidine rings is 1. The number of para-hydroxylation sites is 1. The van der Waals surface area contributed by atoms with Gasteiger partial charge in [-0.1, -0.05) is 18.2 Å². The molecule has 96 valence electrons. The smallest absolute Gasteiger partial charge is 0.359 e. The molecule has 0 aromatic heterocycles. The number of anilines is 1. The molecule has 1 saturated heterocycles. The molecule has 2 amide bonds. The maximum atomic E-state index is 11.6. The molecule has 2 rings (SSSR count). The molecular formula is C13H16N2O3. The van der Waals surface area contributed by atoms with Crippen LogP contribution >= 0.6 is 0 Å². The molecule has 0 unspecified atom stereocenters. The lowest BCUT2D eigenvalue weighted by Crippen LogP contribution is -2.37. The summed E-state index contributed by atoms with van der Waals surface area (Å²) in [6, 6.07) is 8.89. The summed E-state index contributed by atoms with van der Waals surface area (Å²) < 4.78 is 4.73. The minimum absolute atomic E-state index is 0.567. The molecule has 0 atom stereocenters. The first-order valence-corrected chi connectivity index (χ1v) is 6.08. The number of ether oxygens (including phenoxy) is 1. The van der Waals surface area contributed by atoms with E-state index in [1.54, 1.807) is 29.2 Å². The summed E-state index contributed by atoms with van der Waals surface area (Å²) in [6.07, 6.45) is 1.75. The Morgan fingerprint density at radius 2 is 1.72 bits per heavy atom. The number of likely N-dealkylation sites (tertiary alicyclic amines) is 1. The van der Waals surface area contributed by atoms with Crippen molar-refractivity contribution in [2.75, 3.05) is 18.4 Å². The maximum absolute atomic E-state index is 11.6. The molecule has 18 heavy (non-hydrogen) atoms. The van der Waals surface area contributed by atoms with Crippen LogP contribution < -0.4 is 5.32 Å². The molecule has 1 aromatic carbocycles. The van der Waals surface area contributed by atoms with Gasteiger partial charge in [-0.15, -0.1) is 0 Å². The van der Waals surface area contributed by atoms with Crippen LogP contribution in [0.2, 0.25) is 0 Å². The van der Waals surface area contributed by atoms with Crippen molar-refractivity contribution in [2.45, 2.75) is 19.3 Å². The van der Waals surface area contributed by atoms with Crippen LogP contribution in [0.25, 0.3) is 0 Å². The van der Waals surface area contributed by atoms with Gasteiger partial charge in [0.15, 0.2) is 0 Å². The molecule has 1 aromatic rings. The highest BCUT2D eigenvalue weighted by Gasteiger charge is 2.20. The molecule has 5 heteroatoms. The van der Waals surface area contributed by atoms with E-state index >= 15 is 0 Å². The first-order chi connectivity index (χ1) is 8.75. The Balaban J connectivity index is 1.82. The topological polar surface area (TPSA) is 58.6 Å². The Morgan fingerprint density at radius 3 is 2.39 bits per heavy atom. The summed E-state index contributed by atoms with van der Waals surface area (Å²) in [4.78, 5) is 24.7. The van der Waals surface area contributed by atoms with Crippen LogP contribution in [0.4, 0.5) is 15.3 Å². The zero-order valence-electron chi connectivity index (χ0n) is 10.1. The molecule has 0 aliphatic carbocycles. The molecule has 1 N–H and O–H groups in total. The molecule has 0 spiro atoms. The van der Waals surface area contributed by atoms with E-state index in [0.29, 0.717) is 18.8 Å². The average Bonchev–Trinajstić information content (AvgIpc) is 2.40. The Kier molecular flexibility index (Phi) is 4.17. The van der Waals surface area contributed by atoms with Gasteiger partial charge in [0, 0.05) is 18.8 Å². The van der Waals surface area contributed by atoms with E-state index in [1.807, 2.05) is 6.07 Å². The average molecular weight is 248 g/mol. The summed E-state index contributed by atoms with van der Waals surface area (Å²) >= 11 is 0. The predicted molar refractivity (Wildman–Crippen MR) is 67.4 cm³/mol. The fourth-order valence-electron chi connectivity index (χ4n) is 1.89. The van der Waals surface area contributed by atoms with E-state index in [4.69, 9.17) is 4.74 Å². The molecule has 0 saturated carbocycles. The van der Waals surface area contributed by atoms with Crippen LogP contribution in [0.3, 0.4) is 0 Å². The second kappa shape index (κ2) is 6.05. The predicted octanol–water partition coefficient (Wildman–Crippen LogP) is 2.84. The van der Waals surface area contributed by atoms with Gasteiger partial charge in [-0.25, -0.2) is 9.59 Å². The van der Waals surface area contributed by atoms with Gasteiger partial charge in [-0.2, -0.15) is 0 Å². The third-order valence-electron chi connectivity index (χ3n) is 2.81. The fourth-order valence-corrected chi connectivity index (χ4v) is 1.89. The fraction of sp³-hybridized carbons (Fsp3) is 0.385. The Labute approximate surface area is 106 Å². The number of hydrogen-bond donors (Lipinski definition) is 1. The highest BCUT2D eigenvalue weighted by Crippen LogP contribution is 2.11. The zero-order chi connectivity index (χ0) is 12.8. The van der Waals surface area contributed by atoms with Crippen molar-refractivity contribution >= 4 is 17.9 Å². The summed E-state index contributed by atoms with van der Waals surface area (Å²) in [5, 5.41) is 2.50. The van der Waals surface area contributed by atoms with Crippen LogP contribution in [0.1, 0.15) is 19.3 Å². The van der Waals surface area contributed by atoms with Gasteiger partial charge in [-0.05, 0) is 31.4 Å². The standard InChI is InChI=1S/C13H16N2O3/c16-12(14-11-7-3-1-4-8-11)18-13(17)15-9-5-2-6-10-15/h1,3-4,7-8H,2,5-6,9-10H2,(H,14,16). The van der Waals surface area contributed by atoms with Crippen LogP contribution in [0.15, 0.2) is 30.3 Å². The van der Waals surface area contributed by atoms with Gasteiger partial charge in [0.05, 0.1) is 0 Å². The number of amides is 2. The van der Waals surface area contributed by atoms with Gasteiger partial charge in [0.1, 0.15) is 0 Å². The lowest BCUT2D eigenvalue weighted by atomic mass is 10.1.